The fraction of sp³-hybridized carbons (Fsp3) is 0.538. The first kappa shape index (κ1) is 10.6. The Kier molecular flexibility index (Phi) is 2.13. The molecular formula is C13H17ClN2. The van der Waals surface area contributed by atoms with Gasteiger partial charge in [-0.2, -0.15) is 0 Å². The van der Waals surface area contributed by atoms with Gasteiger partial charge >= 0.3 is 0 Å². The Balaban J connectivity index is 1.90. The fourth-order valence-corrected chi connectivity index (χ4v) is 3.53. The zero-order valence-corrected chi connectivity index (χ0v) is 10.3. The first-order chi connectivity index (χ1) is 7.55. The van der Waals surface area contributed by atoms with Gasteiger partial charge in [-0.3, -0.25) is 0 Å². The molecule has 2 aliphatic rings. The first-order valence-electron chi connectivity index (χ1n) is 5.80. The molecule has 1 aromatic rings. The van der Waals surface area contributed by atoms with Crippen LogP contribution in [0.4, 0.5) is 0 Å². The van der Waals surface area contributed by atoms with Gasteiger partial charge in [0.05, 0.1) is 0 Å². The van der Waals surface area contributed by atoms with E-state index in [1.165, 1.54) is 5.56 Å². The molecule has 1 saturated heterocycles. The fourth-order valence-electron chi connectivity index (χ4n) is 3.35. The van der Waals surface area contributed by atoms with Crippen molar-refractivity contribution in [3.8, 4) is 0 Å². The average Bonchev–Trinajstić information content (AvgIpc) is 2.14. The molecule has 1 aliphatic carbocycles. The minimum absolute atomic E-state index is 0.142. The first-order valence-corrected chi connectivity index (χ1v) is 6.18. The highest BCUT2D eigenvalue weighted by molar-refractivity contribution is 6.31. The van der Waals surface area contributed by atoms with Gasteiger partial charge < -0.3 is 11.1 Å². The minimum atomic E-state index is -0.142. The number of benzene rings is 1. The number of rotatable bonds is 1. The van der Waals surface area contributed by atoms with Gasteiger partial charge in [-0.25, -0.2) is 0 Å². The molecule has 0 amide bonds. The predicted octanol–water partition coefficient (Wildman–Crippen LogP) is 2.19. The van der Waals surface area contributed by atoms with E-state index in [1.807, 2.05) is 12.1 Å². The van der Waals surface area contributed by atoms with Crippen molar-refractivity contribution in [1.29, 1.82) is 0 Å². The third-order valence-electron chi connectivity index (χ3n) is 4.18. The smallest absolute Gasteiger partial charge is 0.0438 e. The minimum Gasteiger partial charge on any atom is -0.321 e. The molecule has 3 N–H and O–H groups in total. The molecule has 3 rings (SSSR count). The van der Waals surface area contributed by atoms with Crippen LogP contribution >= 0.6 is 11.6 Å². The summed E-state index contributed by atoms with van der Waals surface area (Å²) in [6, 6.07) is 6.06. The van der Waals surface area contributed by atoms with Gasteiger partial charge in [-0.1, -0.05) is 23.7 Å². The average molecular weight is 237 g/mol. The van der Waals surface area contributed by atoms with E-state index in [4.69, 9.17) is 17.3 Å². The summed E-state index contributed by atoms with van der Waals surface area (Å²) in [5.41, 5.74) is 9.22. The standard InChI is InChI=1S/C13H17ClN2/c1-9-10(3-2-4-11(9)14)13(15)5-12(6-13)7-16-8-12/h2-4,16H,5-8,15H2,1H3. The van der Waals surface area contributed by atoms with Crippen LogP contribution < -0.4 is 11.1 Å². The molecule has 1 saturated carbocycles. The number of hydrogen-bond acceptors (Lipinski definition) is 2. The Morgan fingerprint density at radius 1 is 1.31 bits per heavy atom. The molecule has 1 aromatic carbocycles. The molecule has 0 bridgehead atoms. The van der Waals surface area contributed by atoms with Gasteiger partial charge in [0.2, 0.25) is 0 Å². The van der Waals surface area contributed by atoms with Crippen molar-refractivity contribution in [2.75, 3.05) is 13.1 Å². The summed E-state index contributed by atoms with van der Waals surface area (Å²) in [6.45, 7) is 4.33. The van der Waals surface area contributed by atoms with E-state index in [0.29, 0.717) is 5.41 Å². The molecule has 1 aliphatic heterocycles. The lowest BCUT2D eigenvalue weighted by Crippen LogP contribution is -2.68. The molecule has 0 radical (unpaired) electrons. The Morgan fingerprint density at radius 2 is 2.00 bits per heavy atom. The van der Waals surface area contributed by atoms with Crippen LogP contribution in [0.25, 0.3) is 0 Å². The van der Waals surface area contributed by atoms with E-state index < -0.39 is 0 Å². The summed E-state index contributed by atoms with van der Waals surface area (Å²) in [7, 11) is 0. The van der Waals surface area contributed by atoms with Gasteiger partial charge in [0.1, 0.15) is 0 Å². The van der Waals surface area contributed by atoms with Crippen LogP contribution in [0, 0.1) is 12.3 Å². The normalized spacial score (nSPS) is 24.9. The third-order valence-corrected chi connectivity index (χ3v) is 4.59. The Bertz CT molecular complexity index is 430. The van der Waals surface area contributed by atoms with E-state index in [0.717, 1.165) is 36.5 Å². The maximum atomic E-state index is 6.49. The lowest BCUT2D eigenvalue weighted by Gasteiger charge is -2.60. The number of halogens is 1. The van der Waals surface area contributed by atoms with Crippen molar-refractivity contribution in [2.45, 2.75) is 25.3 Å². The molecule has 0 aromatic heterocycles. The highest BCUT2D eigenvalue weighted by Crippen LogP contribution is 2.55. The van der Waals surface area contributed by atoms with Gasteiger partial charge in [0.25, 0.3) is 0 Å². The van der Waals surface area contributed by atoms with Crippen LogP contribution in [-0.4, -0.2) is 13.1 Å². The van der Waals surface area contributed by atoms with Crippen LogP contribution in [0.2, 0.25) is 5.02 Å². The van der Waals surface area contributed by atoms with Crippen LogP contribution in [0.3, 0.4) is 0 Å². The van der Waals surface area contributed by atoms with Crippen LogP contribution in [0.1, 0.15) is 24.0 Å². The van der Waals surface area contributed by atoms with Crippen LogP contribution in [0.5, 0.6) is 0 Å². The van der Waals surface area contributed by atoms with Gasteiger partial charge in [0, 0.05) is 23.7 Å². The van der Waals surface area contributed by atoms with Crippen molar-refractivity contribution in [1.82, 2.24) is 5.32 Å². The van der Waals surface area contributed by atoms with Crippen molar-refractivity contribution >= 4 is 11.6 Å². The Labute approximate surface area is 101 Å². The maximum absolute atomic E-state index is 6.49. The molecule has 0 unspecified atom stereocenters. The van der Waals surface area contributed by atoms with Gasteiger partial charge in [-0.05, 0) is 42.4 Å². The highest BCUT2D eigenvalue weighted by atomic mass is 35.5. The summed E-state index contributed by atoms with van der Waals surface area (Å²) in [6.07, 6.45) is 2.18. The van der Waals surface area contributed by atoms with E-state index in [-0.39, 0.29) is 5.54 Å². The third kappa shape index (κ3) is 1.33. The molecule has 86 valence electrons. The summed E-state index contributed by atoms with van der Waals surface area (Å²) in [5, 5.41) is 4.17. The zero-order chi connectivity index (χ0) is 11.4. The lowest BCUT2D eigenvalue weighted by molar-refractivity contribution is -0.0234. The second kappa shape index (κ2) is 3.22. The molecule has 0 atom stereocenters. The zero-order valence-electron chi connectivity index (χ0n) is 9.52. The van der Waals surface area contributed by atoms with E-state index in [1.54, 1.807) is 0 Å². The van der Waals surface area contributed by atoms with Gasteiger partial charge in [0.15, 0.2) is 0 Å². The molecular weight excluding hydrogens is 220 g/mol. The number of nitrogens with one attached hydrogen (secondary N) is 1. The topological polar surface area (TPSA) is 38.0 Å². The van der Waals surface area contributed by atoms with E-state index in [9.17, 15) is 0 Å². The quantitative estimate of drug-likeness (QED) is 0.785. The molecule has 3 heteroatoms. The predicted molar refractivity (Wildman–Crippen MR) is 66.6 cm³/mol. The van der Waals surface area contributed by atoms with Crippen molar-refractivity contribution < 1.29 is 0 Å². The molecule has 1 heterocycles. The van der Waals surface area contributed by atoms with Crippen LogP contribution in [-0.2, 0) is 5.54 Å². The van der Waals surface area contributed by atoms with Crippen molar-refractivity contribution in [3.63, 3.8) is 0 Å². The summed E-state index contributed by atoms with van der Waals surface area (Å²) in [4.78, 5) is 0. The maximum Gasteiger partial charge on any atom is 0.0438 e. The Hall–Kier alpha value is -0.570. The molecule has 16 heavy (non-hydrogen) atoms. The molecule has 2 nitrogen and oxygen atoms in total. The summed E-state index contributed by atoms with van der Waals surface area (Å²) in [5.74, 6) is 0. The second-order valence-corrected chi connectivity index (χ2v) is 5.93. The van der Waals surface area contributed by atoms with E-state index in [2.05, 4.69) is 18.3 Å². The molecule has 1 spiro atoms. The second-order valence-electron chi connectivity index (χ2n) is 5.53. The monoisotopic (exact) mass is 236 g/mol. The number of hydrogen-bond donors (Lipinski definition) is 2. The van der Waals surface area contributed by atoms with Gasteiger partial charge in [-0.15, -0.1) is 0 Å². The largest absolute Gasteiger partial charge is 0.321 e. The lowest BCUT2D eigenvalue weighted by atomic mass is 9.52. The SMILES string of the molecule is Cc1c(Cl)cccc1C1(N)CC2(CNC2)C1. The highest BCUT2D eigenvalue weighted by Gasteiger charge is 2.56. The number of nitrogens with two attached hydrogens (primary N) is 1. The molecule has 2 fully saturated rings. The van der Waals surface area contributed by atoms with Crippen molar-refractivity contribution in [3.05, 3.63) is 34.3 Å². The van der Waals surface area contributed by atoms with Crippen molar-refractivity contribution in [2.24, 2.45) is 11.1 Å². The van der Waals surface area contributed by atoms with Crippen LogP contribution in [0.15, 0.2) is 18.2 Å². The Morgan fingerprint density at radius 3 is 2.56 bits per heavy atom. The summed E-state index contributed by atoms with van der Waals surface area (Å²) >= 11 is 6.15. The van der Waals surface area contributed by atoms with E-state index >= 15 is 0 Å². The summed E-state index contributed by atoms with van der Waals surface area (Å²) < 4.78 is 0.